The molecule has 3 aliphatic rings. The fourth-order valence-electron chi connectivity index (χ4n) is 3.39. The highest BCUT2D eigenvalue weighted by atomic mass is 28.4. The predicted octanol–water partition coefficient (Wildman–Crippen LogP) is 3.68. The molecule has 0 unspecified atom stereocenters. The van der Waals surface area contributed by atoms with Crippen LogP contribution >= 0.6 is 0 Å². The average molecular weight is 403 g/mol. The second kappa shape index (κ2) is 5.87. The van der Waals surface area contributed by atoms with E-state index in [0.29, 0.717) is 0 Å². The monoisotopic (exact) mass is 402 g/mol. The number of ether oxygens (including phenoxy) is 2. The lowest BCUT2D eigenvalue weighted by Gasteiger charge is -2.47. The molecule has 1 saturated carbocycles. The minimum atomic E-state index is -2.06. The third kappa shape index (κ3) is 3.17. The van der Waals surface area contributed by atoms with Crippen molar-refractivity contribution in [2.75, 3.05) is 6.61 Å². The fourth-order valence-corrected chi connectivity index (χ4v) is 6.01. The first-order valence-electron chi connectivity index (χ1n) is 9.87. The topological polar surface area (TPSA) is 63.8 Å². The Morgan fingerprint density at radius 3 is 1.85 bits per heavy atom. The van der Waals surface area contributed by atoms with E-state index in [-0.39, 0.29) is 47.2 Å². The SMILES string of the molecule is CC(C)(C)[Si](C)(C)O[C@H]1[C@@H]2O[C@@H]2[C@H]2O[C@@]2(CO)[C@@H]1O[Si](C)(C)C(C)(C)C. The molecule has 0 bridgehead atoms. The molecule has 2 aliphatic heterocycles. The number of fused-ring (bicyclic) bond motifs is 3. The summed E-state index contributed by atoms with van der Waals surface area (Å²) in [7, 11) is -4.07. The summed E-state index contributed by atoms with van der Waals surface area (Å²) in [5, 5.41) is 10.4. The van der Waals surface area contributed by atoms with Gasteiger partial charge >= 0.3 is 0 Å². The van der Waals surface area contributed by atoms with Crippen LogP contribution in [0, 0.1) is 0 Å². The number of hydrogen-bond donors (Lipinski definition) is 1. The second-order valence-electron chi connectivity index (χ2n) is 11.4. The van der Waals surface area contributed by atoms with E-state index in [2.05, 4.69) is 67.7 Å². The first-order chi connectivity index (χ1) is 11.6. The first-order valence-corrected chi connectivity index (χ1v) is 15.7. The summed E-state index contributed by atoms with van der Waals surface area (Å²) in [5.41, 5.74) is -0.653. The van der Waals surface area contributed by atoms with Gasteiger partial charge in [0.1, 0.15) is 36.1 Å². The normalized spacial score (nSPS) is 40.0. The van der Waals surface area contributed by atoms with Crippen LogP contribution in [0.5, 0.6) is 0 Å². The van der Waals surface area contributed by atoms with Crippen molar-refractivity contribution in [3.8, 4) is 0 Å². The van der Waals surface area contributed by atoms with E-state index in [1.807, 2.05) is 0 Å². The van der Waals surface area contributed by atoms with Gasteiger partial charge in [-0.15, -0.1) is 0 Å². The number of aliphatic hydroxyl groups excluding tert-OH is 1. The Morgan fingerprint density at radius 2 is 1.38 bits per heavy atom. The van der Waals surface area contributed by atoms with Crippen LogP contribution in [0.1, 0.15) is 41.5 Å². The number of epoxide rings is 2. The van der Waals surface area contributed by atoms with E-state index < -0.39 is 22.2 Å². The molecule has 2 saturated heterocycles. The molecule has 5 nitrogen and oxygen atoms in total. The van der Waals surface area contributed by atoms with E-state index in [0.717, 1.165) is 0 Å². The molecular formula is C19H38O5Si2. The van der Waals surface area contributed by atoms with Crippen molar-refractivity contribution in [1.29, 1.82) is 0 Å². The van der Waals surface area contributed by atoms with Crippen LogP contribution in [-0.4, -0.2) is 64.5 Å². The molecule has 1 aliphatic carbocycles. The summed E-state index contributed by atoms with van der Waals surface area (Å²) < 4.78 is 25.6. The number of hydrogen-bond acceptors (Lipinski definition) is 5. The number of rotatable bonds is 5. The molecule has 2 heterocycles. The summed E-state index contributed by atoms with van der Waals surface area (Å²) in [5.74, 6) is 0. The van der Waals surface area contributed by atoms with Gasteiger partial charge in [0.15, 0.2) is 16.6 Å². The highest BCUT2D eigenvalue weighted by Crippen LogP contribution is 2.59. The van der Waals surface area contributed by atoms with Crippen LogP contribution in [0.4, 0.5) is 0 Å². The van der Waals surface area contributed by atoms with Gasteiger partial charge in [-0.3, -0.25) is 0 Å². The zero-order valence-electron chi connectivity index (χ0n) is 18.2. The molecule has 3 rings (SSSR count). The molecule has 3 fully saturated rings. The van der Waals surface area contributed by atoms with Gasteiger partial charge in [-0.05, 0) is 36.3 Å². The molecule has 6 atom stereocenters. The number of aliphatic hydroxyl groups is 1. The highest BCUT2D eigenvalue weighted by molar-refractivity contribution is 6.74. The van der Waals surface area contributed by atoms with E-state index in [9.17, 15) is 5.11 Å². The van der Waals surface area contributed by atoms with E-state index in [1.54, 1.807) is 0 Å². The van der Waals surface area contributed by atoms with Crippen molar-refractivity contribution >= 4 is 16.6 Å². The molecule has 0 spiro atoms. The van der Waals surface area contributed by atoms with Gasteiger partial charge in [-0.25, -0.2) is 0 Å². The van der Waals surface area contributed by atoms with Crippen LogP contribution in [-0.2, 0) is 18.3 Å². The van der Waals surface area contributed by atoms with Gasteiger partial charge < -0.3 is 23.4 Å². The summed E-state index contributed by atoms with van der Waals surface area (Å²) in [6.45, 7) is 22.4. The maximum atomic E-state index is 10.2. The largest absolute Gasteiger partial charge is 0.408 e. The van der Waals surface area contributed by atoms with E-state index in [1.165, 1.54) is 0 Å². The van der Waals surface area contributed by atoms with Gasteiger partial charge in [0.05, 0.1) is 6.61 Å². The highest BCUT2D eigenvalue weighted by Gasteiger charge is 2.79. The molecule has 0 aromatic carbocycles. The third-order valence-electron chi connectivity index (χ3n) is 7.45. The Labute approximate surface area is 161 Å². The molecule has 152 valence electrons. The molecule has 0 aromatic heterocycles. The minimum absolute atomic E-state index is 0.0334. The maximum Gasteiger partial charge on any atom is 0.192 e. The Hall–Kier alpha value is 0.234. The fraction of sp³-hybridized carbons (Fsp3) is 1.00. The van der Waals surface area contributed by atoms with Crippen molar-refractivity contribution in [2.45, 2.75) is 114 Å². The summed E-state index contributed by atoms with van der Waals surface area (Å²) in [6.07, 6.45) is -0.397. The second-order valence-corrected chi connectivity index (χ2v) is 20.9. The van der Waals surface area contributed by atoms with Gasteiger partial charge in [-0.2, -0.15) is 0 Å². The van der Waals surface area contributed by atoms with Crippen molar-refractivity contribution in [3.63, 3.8) is 0 Å². The molecule has 0 aromatic rings. The van der Waals surface area contributed by atoms with Crippen LogP contribution < -0.4 is 0 Å². The zero-order valence-corrected chi connectivity index (χ0v) is 20.2. The Morgan fingerprint density at radius 1 is 0.885 bits per heavy atom. The Bertz CT molecular complexity index is 565. The first kappa shape index (κ1) is 21.0. The van der Waals surface area contributed by atoms with Gasteiger partial charge in [-0.1, -0.05) is 41.5 Å². The molecular weight excluding hydrogens is 364 g/mol. The predicted molar refractivity (Wildman–Crippen MR) is 107 cm³/mol. The van der Waals surface area contributed by atoms with Crippen molar-refractivity contribution in [2.24, 2.45) is 0 Å². The molecule has 0 amide bonds. The molecule has 26 heavy (non-hydrogen) atoms. The Kier molecular flexibility index (Phi) is 4.73. The van der Waals surface area contributed by atoms with E-state index in [4.69, 9.17) is 18.3 Å². The molecule has 0 radical (unpaired) electrons. The van der Waals surface area contributed by atoms with Crippen LogP contribution in [0.15, 0.2) is 0 Å². The zero-order chi connectivity index (χ0) is 19.9. The van der Waals surface area contributed by atoms with Gasteiger partial charge in [0.25, 0.3) is 0 Å². The van der Waals surface area contributed by atoms with Crippen molar-refractivity contribution in [3.05, 3.63) is 0 Å². The minimum Gasteiger partial charge on any atom is -0.408 e. The van der Waals surface area contributed by atoms with Crippen LogP contribution in [0.2, 0.25) is 36.3 Å². The van der Waals surface area contributed by atoms with Gasteiger partial charge in [0, 0.05) is 0 Å². The Balaban J connectivity index is 1.91. The molecule has 1 N–H and O–H groups in total. The molecule has 7 heteroatoms. The third-order valence-corrected chi connectivity index (χ3v) is 16.4. The summed E-state index contributed by atoms with van der Waals surface area (Å²) >= 11 is 0. The van der Waals surface area contributed by atoms with Crippen molar-refractivity contribution < 1.29 is 23.4 Å². The standard InChI is InChI=1S/C19H38O5Si2/c1-17(2,3)25(7,8)23-14-12-13(21-12)15-19(11-20,22-15)16(14)24-26(9,10)18(4,5)6/h12-16,20H,11H2,1-10H3/t12-,13+,14+,15-,16-,19-/m1/s1. The summed E-state index contributed by atoms with van der Waals surface area (Å²) in [6, 6.07) is 0. The van der Waals surface area contributed by atoms with E-state index >= 15 is 0 Å². The lowest BCUT2D eigenvalue weighted by molar-refractivity contribution is -0.0435. The van der Waals surface area contributed by atoms with Crippen LogP contribution in [0.25, 0.3) is 0 Å². The lowest BCUT2D eigenvalue weighted by atomic mass is 9.85. The van der Waals surface area contributed by atoms with Crippen LogP contribution in [0.3, 0.4) is 0 Å². The summed E-state index contributed by atoms with van der Waals surface area (Å²) in [4.78, 5) is 0. The van der Waals surface area contributed by atoms with Crippen molar-refractivity contribution in [1.82, 2.24) is 0 Å². The average Bonchev–Trinajstić information content (AvgIpc) is 3.30. The smallest absolute Gasteiger partial charge is 0.192 e. The van der Waals surface area contributed by atoms with Gasteiger partial charge in [0.2, 0.25) is 0 Å². The lowest BCUT2D eigenvalue weighted by Crippen LogP contribution is -2.61. The maximum absolute atomic E-state index is 10.2. The quantitative estimate of drug-likeness (QED) is 0.561.